The highest BCUT2D eigenvalue weighted by Gasteiger charge is 2.36. The van der Waals surface area contributed by atoms with Crippen LogP contribution >= 0.6 is 15.9 Å². The predicted molar refractivity (Wildman–Crippen MR) is 85.5 cm³/mol. The third kappa shape index (κ3) is 3.44. The number of rotatable bonds is 3. The van der Waals surface area contributed by atoms with Crippen LogP contribution in [-0.2, 0) is 6.54 Å². The number of nitrogens with zero attached hydrogens (tertiary/aromatic N) is 1. The van der Waals surface area contributed by atoms with Crippen LogP contribution in [0.2, 0.25) is 0 Å². The third-order valence-corrected chi connectivity index (χ3v) is 5.39. The smallest absolute Gasteiger partial charge is 0.0682 e. The molecule has 0 spiro atoms. The summed E-state index contributed by atoms with van der Waals surface area (Å²) in [6.07, 6.45) is 7.70. The Labute approximate surface area is 130 Å². The third-order valence-electron chi connectivity index (χ3n) is 4.90. The van der Waals surface area contributed by atoms with Gasteiger partial charge >= 0.3 is 0 Å². The number of β-amino-alcohol motifs (C(OH)–C–C–N with tert-alkyl or cyclic N) is 1. The van der Waals surface area contributed by atoms with Crippen molar-refractivity contribution in [3.8, 4) is 0 Å². The summed E-state index contributed by atoms with van der Waals surface area (Å²) in [7, 11) is 0. The minimum Gasteiger partial charge on any atom is -0.392 e. The monoisotopic (exact) mass is 337 g/mol. The first-order chi connectivity index (χ1) is 9.72. The first kappa shape index (κ1) is 14.6. The molecular weight excluding hydrogens is 314 g/mol. The molecule has 1 aromatic carbocycles. The number of hydrogen-bond donors (Lipinski definition) is 1. The molecule has 1 heterocycles. The molecule has 0 aromatic heterocycles. The van der Waals surface area contributed by atoms with Crippen molar-refractivity contribution < 1.29 is 5.11 Å². The van der Waals surface area contributed by atoms with Crippen molar-refractivity contribution in [2.24, 2.45) is 5.92 Å². The molecule has 110 valence electrons. The summed E-state index contributed by atoms with van der Waals surface area (Å²) in [5.41, 5.74) is 1.34. The lowest BCUT2D eigenvalue weighted by Gasteiger charge is -2.33. The van der Waals surface area contributed by atoms with Crippen molar-refractivity contribution in [2.75, 3.05) is 6.54 Å². The van der Waals surface area contributed by atoms with Gasteiger partial charge in [0.15, 0.2) is 0 Å². The van der Waals surface area contributed by atoms with E-state index in [1.165, 1.54) is 37.7 Å². The van der Waals surface area contributed by atoms with E-state index in [-0.39, 0.29) is 6.10 Å². The molecule has 0 radical (unpaired) electrons. The number of benzene rings is 1. The average molecular weight is 338 g/mol. The molecule has 3 rings (SSSR count). The minimum absolute atomic E-state index is 0.130. The largest absolute Gasteiger partial charge is 0.392 e. The fourth-order valence-electron chi connectivity index (χ4n) is 3.97. The lowest BCUT2D eigenvalue weighted by molar-refractivity contribution is 0.147. The first-order valence-electron chi connectivity index (χ1n) is 7.89. The number of aliphatic hydroxyl groups excluding tert-OH is 1. The van der Waals surface area contributed by atoms with Crippen LogP contribution in [0.4, 0.5) is 0 Å². The highest BCUT2D eigenvalue weighted by atomic mass is 79.9. The van der Waals surface area contributed by atoms with Crippen molar-refractivity contribution in [2.45, 2.75) is 57.2 Å². The number of halogens is 1. The fourth-order valence-corrected chi connectivity index (χ4v) is 4.42. The van der Waals surface area contributed by atoms with Gasteiger partial charge in [-0.1, -0.05) is 47.3 Å². The SMILES string of the molecule is OC1CC(C2CCCCC2)N(Cc2cccc(Br)c2)C1. The molecular formula is C17H24BrNO. The predicted octanol–water partition coefficient (Wildman–Crippen LogP) is 3.96. The molecule has 1 saturated heterocycles. The molecule has 2 aliphatic rings. The maximum absolute atomic E-state index is 10.1. The van der Waals surface area contributed by atoms with E-state index in [9.17, 15) is 5.11 Å². The van der Waals surface area contributed by atoms with Gasteiger partial charge in [-0.05, 0) is 42.9 Å². The van der Waals surface area contributed by atoms with Gasteiger partial charge in [-0.3, -0.25) is 4.90 Å². The summed E-state index contributed by atoms with van der Waals surface area (Å²) >= 11 is 3.55. The second kappa shape index (κ2) is 6.59. The van der Waals surface area contributed by atoms with E-state index in [0.717, 1.165) is 29.9 Å². The summed E-state index contributed by atoms with van der Waals surface area (Å²) in [6.45, 7) is 1.81. The molecule has 1 saturated carbocycles. The molecule has 1 N–H and O–H groups in total. The summed E-state index contributed by atoms with van der Waals surface area (Å²) in [5.74, 6) is 0.799. The number of likely N-dealkylation sites (tertiary alicyclic amines) is 1. The maximum Gasteiger partial charge on any atom is 0.0682 e. The Kier molecular flexibility index (Phi) is 4.79. The van der Waals surface area contributed by atoms with Gasteiger partial charge in [0.05, 0.1) is 6.10 Å². The van der Waals surface area contributed by atoms with Crippen LogP contribution in [0.3, 0.4) is 0 Å². The summed E-state index contributed by atoms with van der Waals surface area (Å²) in [6, 6.07) is 9.14. The zero-order chi connectivity index (χ0) is 13.9. The summed E-state index contributed by atoms with van der Waals surface area (Å²) in [4.78, 5) is 2.52. The van der Waals surface area contributed by atoms with Crippen molar-refractivity contribution in [3.05, 3.63) is 34.3 Å². The van der Waals surface area contributed by atoms with E-state index < -0.39 is 0 Å². The van der Waals surface area contributed by atoms with Crippen molar-refractivity contribution in [1.29, 1.82) is 0 Å². The highest BCUT2D eigenvalue weighted by Crippen LogP contribution is 2.35. The van der Waals surface area contributed by atoms with E-state index in [2.05, 4.69) is 45.1 Å². The first-order valence-corrected chi connectivity index (χ1v) is 8.68. The Morgan fingerprint density at radius 2 is 2.00 bits per heavy atom. The lowest BCUT2D eigenvalue weighted by atomic mass is 9.82. The molecule has 2 nitrogen and oxygen atoms in total. The zero-order valence-corrected chi connectivity index (χ0v) is 13.6. The summed E-state index contributed by atoms with van der Waals surface area (Å²) in [5, 5.41) is 10.1. The van der Waals surface area contributed by atoms with Gasteiger partial charge in [0, 0.05) is 23.6 Å². The fraction of sp³-hybridized carbons (Fsp3) is 0.647. The Morgan fingerprint density at radius 3 is 2.75 bits per heavy atom. The summed E-state index contributed by atoms with van der Waals surface area (Å²) < 4.78 is 1.14. The second-order valence-electron chi connectivity index (χ2n) is 6.41. The van der Waals surface area contributed by atoms with Gasteiger partial charge in [0.1, 0.15) is 0 Å². The van der Waals surface area contributed by atoms with E-state index in [1.54, 1.807) is 0 Å². The number of hydrogen-bond acceptors (Lipinski definition) is 2. The number of aliphatic hydroxyl groups is 1. The molecule has 1 aromatic rings. The van der Waals surface area contributed by atoms with Crippen LogP contribution in [0, 0.1) is 5.92 Å². The van der Waals surface area contributed by atoms with Crippen LogP contribution in [-0.4, -0.2) is 28.7 Å². The van der Waals surface area contributed by atoms with E-state index in [0.29, 0.717) is 6.04 Å². The molecule has 0 bridgehead atoms. The zero-order valence-electron chi connectivity index (χ0n) is 12.0. The van der Waals surface area contributed by atoms with Gasteiger partial charge in [-0.15, -0.1) is 0 Å². The molecule has 1 aliphatic carbocycles. The molecule has 3 heteroatoms. The average Bonchev–Trinajstić information content (AvgIpc) is 2.80. The molecule has 20 heavy (non-hydrogen) atoms. The van der Waals surface area contributed by atoms with Gasteiger partial charge in [0.2, 0.25) is 0 Å². The normalized spacial score (nSPS) is 28.9. The Hall–Kier alpha value is -0.380. The Balaban J connectivity index is 1.69. The molecule has 2 unspecified atom stereocenters. The van der Waals surface area contributed by atoms with E-state index in [1.807, 2.05) is 0 Å². The second-order valence-corrected chi connectivity index (χ2v) is 7.33. The minimum atomic E-state index is -0.130. The molecule has 2 atom stereocenters. The van der Waals surface area contributed by atoms with Gasteiger partial charge < -0.3 is 5.11 Å². The van der Waals surface area contributed by atoms with Crippen LogP contribution < -0.4 is 0 Å². The van der Waals surface area contributed by atoms with Crippen LogP contribution in [0.1, 0.15) is 44.1 Å². The molecule has 1 aliphatic heterocycles. The van der Waals surface area contributed by atoms with Crippen LogP contribution in [0.25, 0.3) is 0 Å². The lowest BCUT2D eigenvalue weighted by Crippen LogP contribution is -2.36. The van der Waals surface area contributed by atoms with Crippen LogP contribution in [0.5, 0.6) is 0 Å². The van der Waals surface area contributed by atoms with Crippen molar-refractivity contribution >= 4 is 15.9 Å². The van der Waals surface area contributed by atoms with E-state index >= 15 is 0 Å². The van der Waals surface area contributed by atoms with Crippen molar-refractivity contribution in [1.82, 2.24) is 4.90 Å². The van der Waals surface area contributed by atoms with E-state index in [4.69, 9.17) is 0 Å². The van der Waals surface area contributed by atoms with Crippen LogP contribution in [0.15, 0.2) is 28.7 Å². The van der Waals surface area contributed by atoms with Gasteiger partial charge in [-0.2, -0.15) is 0 Å². The standard InChI is InChI=1S/C17H24BrNO/c18-15-8-4-5-13(9-15)11-19-12-16(20)10-17(19)14-6-2-1-3-7-14/h4-5,8-9,14,16-17,20H,1-3,6-7,10-12H2. The quantitative estimate of drug-likeness (QED) is 0.902. The Bertz CT molecular complexity index is 444. The molecule has 2 fully saturated rings. The van der Waals surface area contributed by atoms with Gasteiger partial charge in [-0.25, -0.2) is 0 Å². The molecule has 0 amide bonds. The highest BCUT2D eigenvalue weighted by molar-refractivity contribution is 9.10. The Morgan fingerprint density at radius 1 is 1.20 bits per heavy atom. The van der Waals surface area contributed by atoms with Crippen molar-refractivity contribution in [3.63, 3.8) is 0 Å². The van der Waals surface area contributed by atoms with Gasteiger partial charge in [0.25, 0.3) is 0 Å². The maximum atomic E-state index is 10.1. The topological polar surface area (TPSA) is 23.5 Å².